The summed E-state index contributed by atoms with van der Waals surface area (Å²) in [7, 11) is 0. The van der Waals surface area contributed by atoms with Gasteiger partial charge in [-0.2, -0.15) is 0 Å². The molecule has 2 aromatic heterocycles. The summed E-state index contributed by atoms with van der Waals surface area (Å²) in [5.41, 5.74) is 3.68. The summed E-state index contributed by atoms with van der Waals surface area (Å²) >= 11 is 1.26. The van der Waals surface area contributed by atoms with Gasteiger partial charge in [-0.3, -0.25) is 10.1 Å². The normalized spacial score (nSPS) is 13.1. The monoisotopic (exact) mass is 472 g/mol. The van der Waals surface area contributed by atoms with Crippen molar-refractivity contribution in [3.63, 3.8) is 0 Å². The van der Waals surface area contributed by atoms with Gasteiger partial charge >= 0.3 is 6.03 Å². The molecule has 0 aliphatic heterocycles. The van der Waals surface area contributed by atoms with Crippen molar-refractivity contribution in [2.75, 3.05) is 5.75 Å². The molecule has 0 bridgehead atoms. The minimum Gasteiger partial charge on any atom is -0.335 e. The average molecular weight is 473 g/mol. The zero-order valence-electron chi connectivity index (χ0n) is 18.7. The van der Waals surface area contributed by atoms with Gasteiger partial charge in [0.1, 0.15) is 0 Å². The first kappa shape index (κ1) is 22.1. The summed E-state index contributed by atoms with van der Waals surface area (Å²) in [4.78, 5) is 28.9. The van der Waals surface area contributed by atoms with E-state index in [2.05, 4.69) is 20.8 Å². The number of carbonyl (C=O) groups is 2. The van der Waals surface area contributed by atoms with Crippen LogP contribution in [-0.4, -0.2) is 43.5 Å². The van der Waals surface area contributed by atoms with E-state index in [1.165, 1.54) is 11.8 Å². The minimum absolute atomic E-state index is 0.0720. The fraction of sp³-hybridized carbons (Fsp3) is 0.240. The maximum atomic E-state index is 12.2. The van der Waals surface area contributed by atoms with Crippen LogP contribution in [0.15, 0.2) is 65.8 Å². The van der Waals surface area contributed by atoms with Crippen LogP contribution in [0.25, 0.3) is 33.5 Å². The number of para-hydroxylation sites is 1. The van der Waals surface area contributed by atoms with Crippen LogP contribution in [0.4, 0.5) is 4.79 Å². The highest BCUT2D eigenvalue weighted by Gasteiger charge is 2.24. The molecule has 1 aliphatic carbocycles. The molecule has 9 heteroatoms. The molecule has 0 saturated heterocycles. The van der Waals surface area contributed by atoms with Gasteiger partial charge in [-0.25, -0.2) is 9.78 Å². The number of aromatic nitrogens is 4. The Labute approximate surface area is 201 Å². The lowest BCUT2D eigenvalue weighted by atomic mass is 10.0. The number of pyridine rings is 1. The third kappa shape index (κ3) is 4.79. The molecule has 0 atom stereocenters. The number of thioether (sulfide) groups is 1. The van der Waals surface area contributed by atoms with Gasteiger partial charge < -0.3 is 9.88 Å². The highest BCUT2D eigenvalue weighted by Crippen LogP contribution is 2.32. The van der Waals surface area contributed by atoms with Crippen molar-refractivity contribution in [1.29, 1.82) is 0 Å². The molecule has 1 saturated carbocycles. The van der Waals surface area contributed by atoms with Crippen molar-refractivity contribution in [2.24, 2.45) is 0 Å². The molecule has 0 radical (unpaired) electrons. The summed E-state index contributed by atoms with van der Waals surface area (Å²) in [6.45, 7) is 2.65. The van der Waals surface area contributed by atoms with Crippen LogP contribution in [0.1, 0.15) is 19.8 Å². The Morgan fingerprint density at radius 2 is 1.82 bits per heavy atom. The van der Waals surface area contributed by atoms with Crippen molar-refractivity contribution in [1.82, 2.24) is 30.4 Å². The Balaban J connectivity index is 1.43. The second-order valence-electron chi connectivity index (χ2n) is 8.07. The molecule has 2 heterocycles. The molecule has 2 aromatic carbocycles. The Morgan fingerprint density at radius 3 is 2.59 bits per heavy atom. The Morgan fingerprint density at radius 1 is 1.06 bits per heavy atom. The number of hydrogen-bond donors (Lipinski definition) is 2. The number of imide groups is 1. The molecular weight excluding hydrogens is 448 g/mol. The lowest BCUT2D eigenvalue weighted by Crippen LogP contribution is -2.41. The molecule has 1 fully saturated rings. The summed E-state index contributed by atoms with van der Waals surface area (Å²) in [6.07, 6.45) is 1.93. The van der Waals surface area contributed by atoms with Crippen LogP contribution in [0.3, 0.4) is 0 Å². The van der Waals surface area contributed by atoms with Crippen LogP contribution >= 0.6 is 11.8 Å². The Bertz CT molecular complexity index is 1350. The SMILES string of the molecule is CCn1c(SCC(=O)NC(=O)NC2CC2)nnc1-c1cc(-c2ccccc2)nc2ccccc12. The minimum atomic E-state index is -0.442. The van der Waals surface area contributed by atoms with E-state index >= 15 is 0 Å². The van der Waals surface area contributed by atoms with Crippen molar-refractivity contribution >= 4 is 34.6 Å². The average Bonchev–Trinajstić information content (AvgIpc) is 3.58. The number of amides is 3. The fourth-order valence-electron chi connectivity index (χ4n) is 3.74. The highest BCUT2D eigenvalue weighted by molar-refractivity contribution is 7.99. The van der Waals surface area contributed by atoms with Crippen molar-refractivity contribution < 1.29 is 9.59 Å². The number of carbonyl (C=O) groups excluding carboxylic acids is 2. The standard InChI is InChI=1S/C25H24N6O2S/c1-2-31-23(29-30-25(31)34-15-22(32)28-24(33)26-17-12-13-17)19-14-21(16-8-4-3-5-9-16)27-20-11-7-6-10-18(19)20/h3-11,14,17H,2,12-13,15H2,1H3,(H2,26,28,32,33). The molecule has 1 aliphatic rings. The van der Waals surface area contributed by atoms with E-state index in [1.807, 2.05) is 72.2 Å². The molecule has 4 aromatic rings. The quantitative estimate of drug-likeness (QED) is 0.390. The number of nitrogens with zero attached hydrogens (tertiary/aromatic N) is 4. The molecule has 5 rings (SSSR count). The lowest BCUT2D eigenvalue weighted by Gasteiger charge is -2.12. The molecule has 172 valence electrons. The number of urea groups is 1. The van der Waals surface area contributed by atoms with Crippen molar-refractivity contribution in [2.45, 2.75) is 37.5 Å². The zero-order chi connectivity index (χ0) is 23.5. The van der Waals surface area contributed by atoms with Crippen LogP contribution in [0.2, 0.25) is 0 Å². The summed E-state index contributed by atoms with van der Waals surface area (Å²) in [5, 5.41) is 15.6. The third-order valence-corrected chi connectivity index (χ3v) is 6.52. The van der Waals surface area contributed by atoms with Gasteiger partial charge in [0.25, 0.3) is 0 Å². The first-order chi connectivity index (χ1) is 16.6. The molecule has 0 unspecified atom stereocenters. The van der Waals surface area contributed by atoms with Crippen LogP contribution in [-0.2, 0) is 11.3 Å². The van der Waals surface area contributed by atoms with E-state index in [0.717, 1.165) is 40.6 Å². The molecule has 2 N–H and O–H groups in total. The van der Waals surface area contributed by atoms with Gasteiger partial charge in [0.2, 0.25) is 5.91 Å². The van der Waals surface area contributed by atoms with Crippen LogP contribution in [0.5, 0.6) is 0 Å². The predicted octanol–water partition coefficient (Wildman–Crippen LogP) is 4.26. The second kappa shape index (κ2) is 9.64. The van der Waals surface area contributed by atoms with Crippen LogP contribution < -0.4 is 10.6 Å². The first-order valence-corrected chi connectivity index (χ1v) is 12.2. The van der Waals surface area contributed by atoms with Gasteiger partial charge in [0, 0.05) is 29.1 Å². The Hall–Kier alpha value is -3.72. The van der Waals surface area contributed by atoms with Gasteiger partial charge in [-0.05, 0) is 31.9 Å². The number of benzene rings is 2. The second-order valence-corrected chi connectivity index (χ2v) is 9.02. The van der Waals surface area contributed by atoms with Gasteiger partial charge in [-0.1, -0.05) is 60.3 Å². The zero-order valence-corrected chi connectivity index (χ0v) is 19.5. The van der Waals surface area contributed by atoms with Gasteiger partial charge in [0.05, 0.1) is 17.0 Å². The van der Waals surface area contributed by atoms with E-state index in [9.17, 15) is 9.59 Å². The predicted molar refractivity (Wildman–Crippen MR) is 132 cm³/mol. The van der Waals surface area contributed by atoms with Gasteiger partial charge in [0.15, 0.2) is 11.0 Å². The fourth-order valence-corrected chi connectivity index (χ4v) is 4.54. The van der Waals surface area contributed by atoms with E-state index in [-0.39, 0.29) is 17.7 Å². The topological polar surface area (TPSA) is 102 Å². The maximum absolute atomic E-state index is 12.2. The van der Waals surface area contributed by atoms with E-state index < -0.39 is 6.03 Å². The number of nitrogens with one attached hydrogen (secondary N) is 2. The smallest absolute Gasteiger partial charge is 0.321 e. The largest absolute Gasteiger partial charge is 0.335 e. The molecule has 8 nitrogen and oxygen atoms in total. The summed E-state index contributed by atoms with van der Waals surface area (Å²) < 4.78 is 1.98. The Kier molecular flexibility index (Phi) is 6.27. The summed E-state index contributed by atoms with van der Waals surface area (Å²) in [6, 6.07) is 19.8. The molecule has 3 amide bonds. The van der Waals surface area contributed by atoms with Crippen LogP contribution in [0, 0.1) is 0 Å². The highest BCUT2D eigenvalue weighted by atomic mass is 32.2. The van der Waals surface area contributed by atoms with Gasteiger partial charge in [-0.15, -0.1) is 10.2 Å². The first-order valence-electron chi connectivity index (χ1n) is 11.2. The molecular formula is C25H24N6O2S. The maximum Gasteiger partial charge on any atom is 0.321 e. The third-order valence-electron chi connectivity index (χ3n) is 5.56. The number of fused-ring (bicyclic) bond motifs is 1. The van der Waals surface area contributed by atoms with E-state index in [4.69, 9.17) is 4.98 Å². The lowest BCUT2D eigenvalue weighted by molar-refractivity contribution is -0.117. The van der Waals surface area contributed by atoms with E-state index in [1.54, 1.807) is 0 Å². The van der Waals surface area contributed by atoms with E-state index in [0.29, 0.717) is 17.5 Å². The molecule has 34 heavy (non-hydrogen) atoms. The van der Waals surface area contributed by atoms with Crippen molar-refractivity contribution in [3.05, 3.63) is 60.7 Å². The molecule has 0 spiro atoms. The van der Waals surface area contributed by atoms with Crippen molar-refractivity contribution in [3.8, 4) is 22.6 Å². The summed E-state index contributed by atoms with van der Waals surface area (Å²) in [5.74, 6) is 0.423. The number of rotatable bonds is 7. The number of hydrogen-bond acceptors (Lipinski definition) is 6.